The van der Waals surface area contributed by atoms with E-state index >= 15 is 0 Å². The van der Waals surface area contributed by atoms with Gasteiger partial charge in [0.05, 0.1) is 7.11 Å². The van der Waals surface area contributed by atoms with Crippen molar-refractivity contribution in [1.82, 2.24) is 0 Å². The van der Waals surface area contributed by atoms with Crippen molar-refractivity contribution in [1.29, 1.82) is 0 Å². The molecule has 130 valence electrons. The van der Waals surface area contributed by atoms with E-state index < -0.39 is 28.8 Å². The normalized spacial score (nSPS) is 15.0. The molecule has 1 N–H and O–H groups in total. The van der Waals surface area contributed by atoms with Crippen LogP contribution in [0.5, 0.6) is 5.75 Å². The van der Waals surface area contributed by atoms with Gasteiger partial charge in [-0.25, -0.2) is 0 Å². The minimum atomic E-state index is -5.98. The number of alkyl halides is 5. The molecule has 2 rings (SSSR count). The van der Waals surface area contributed by atoms with E-state index in [0.717, 1.165) is 24.3 Å². The highest BCUT2D eigenvalue weighted by molar-refractivity contribution is 6.30. The van der Waals surface area contributed by atoms with Gasteiger partial charge in [-0.05, 0) is 35.4 Å². The molecule has 0 aromatic heterocycles. The van der Waals surface area contributed by atoms with Crippen LogP contribution in [0.1, 0.15) is 11.1 Å². The van der Waals surface area contributed by atoms with Crippen molar-refractivity contribution in [3.63, 3.8) is 0 Å². The van der Waals surface area contributed by atoms with E-state index in [9.17, 15) is 27.1 Å². The van der Waals surface area contributed by atoms with Crippen molar-refractivity contribution in [2.24, 2.45) is 0 Å². The summed E-state index contributed by atoms with van der Waals surface area (Å²) in [6, 6.07) is 8.54. The Balaban J connectivity index is 2.74. The Labute approximate surface area is 139 Å². The third-order valence-corrected chi connectivity index (χ3v) is 3.80. The van der Waals surface area contributed by atoms with Crippen LogP contribution >= 0.6 is 11.6 Å². The molecule has 24 heavy (non-hydrogen) atoms. The molecule has 2 aromatic rings. The maximum absolute atomic E-state index is 14.2. The molecule has 0 saturated heterocycles. The minimum absolute atomic E-state index is 0.0857. The second-order valence-electron chi connectivity index (χ2n) is 5.02. The molecule has 0 aliphatic rings. The molecule has 0 spiro atoms. The summed E-state index contributed by atoms with van der Waals surface area (Å²) in [5.74, 6) is -5.22. The lowest BCUT2D eigenvalue weighted by Crippen LogP contribution is -2.55. The molecule has 0 fully saturated rings. The third-order valence-electron chi connectivity index (χ3n) is 3.56. The number of benzene rings is 2. The van der Waals surface area contributed by atoms with Gasteiger partial charge in [0.25, 0.3) is 0 Å². The van der Waals surface area contributed by atoms with Crippen LogP contribution in [0.15, 0.2) is 48.5 Å². The molecule has 0 bridgehead atoms. The van der Waals surface area contributed by atoms with Gasteiger partial charge in [0.1, 0.15) is 5.75 Å². The first-order chi connectivity index (χ1) is 11.0. The van der Waals surface area contributed by atoms with Gasteiger partial charge in [-0.1, -0.05) is 35.9 Å². The van der Waals surface area contributed by atoms with E-state index in [1.165, 1.54) is 31.4 Å². The molecular formula is C16H12ClF5O2. The van der Waals surface area contributed by atoms with Gasteiger partial charge in [-0.15, -0.1) is 0 Å². The molecule has 0 amide bonds. The smallest absolute Gasteiger partial charge is 0.457 e. The average molecular weight is 367 g/mol. The quantitative estimate of drug-likeness (QED) is 0.789. The Kier molecular flexibility index (Phi) is 4.79. The number of aliphatic hydroxyl groups is 1. The predicted molar refractivity (Wildman–Crippen MR) is 78.4 cm³/mol. The molecule has 8 heteroatoms. The van der Waals surface area contributed by atoms with Crippen LogP contribution in [0.3, 0.4) is 0 Å². The first-order valence-electron chi connectivity index (χ1n) is 6.61. The lowest BCUT2D eigenvalue weighted by Gasteiger charge is -2.37. The second kappa shape index (κ2) is 6.22. The van der Waals surface area contributed by atoms with Gasteiger partial charge in [-0.3, -0.25) is 0 Å². The second-order valence-corrected chi connectivity index (χ2v) is 5.46. The average Bonchev–Trinajstić information content (AvgIpc) is 2.53. The van der Waals surface area contributed by atoms with E-state index in [1.54, 1.807) is 0 Å². The van der Waals surface area contributed by atoms with E-state index in [2.05, 4.69) is 0 Å². The first-order valence-corrected chi connectivity index (χ1v) is 6.99. The molecule has 0 heterocycles. The van der Waals surface area contributed by atoms with Crippen LogP contribution in [-0.2, 0) is 5.60 Å². The summed E-state index contributed by atoms with van der Waals surface area (Å²) in [4.78, 5) is 0. The number of halogens is 6. The largest absolute Gasteiger partial charge is 0.497 e. The first kappa shape index (κ1) is 18.5. The highest BCUT2D eigenvalue weighted by atomic mass is 35.5. The SMILES string of the molecule is COc1ccc(C(O)(c2cccc(Cl)c2)C(F)(F)C(F)(F)F)cc1. The van der Waals surface area contributed by atoms with Crippen molar-refractivity contribution in [3.8, 4) is 5.75 Å². The fourth-order valence-corrected chi connectivity index (χ4v) is 2.47. The fourth-order valence-electron chi connectivity index (χ4n) is 2.28. The molecular weight excluding hydrogens is 355 g/mol. The van der Waals surface area contributed by atoms with Crippen molar-refractivity contribution >= 4 is 11.6 Å². The number of rotatable bonds is 4. The van der Waals surface area contributed by atoms with Crippen molar-refractivity contribution in [2.75, 3.05) is 7.11 Å². The lowest BCUT2D eigenvalue weighted by molar-refractivity contribution is -0.336. The molecule has 2 nitrogen and oxygen atoms in total. The summed E-state index contributed by atoms with van der Waals surface area (Å²) >= 11 is 5.69. The monoisotopic (exact) mass is 366 g/mol. The standard InChI is InChI=1S/C16H12ClF5O2/c1-24-13-7-5-10(6-8-13)14(23,15(18,19)16(20,21)22)11-3-2-4-12(17)9-11/h2-9,23H,1H3. The highest BCUT2D eigenvalue weighted by Gasteiger charge is 2.71. The summed E-state index contributed by atoms with van der Waals surface area (Å²) in [6.45, 7) is 0. The summed E-state index contributed by atoms with van der Waals surface area (Å²) in [6.07, 6.45) is -5.98. The van der Waals surface area contributed by atoms with Crippen molar-refractivity contribution < 1.29 is 31.8 Å². The summed E-state index contributed by atoms with van der Waals surface area (Å²) in [7, 11) is 1.31. The van der Waals surface area contributed by atoms with Crippen LogP contribution in [-0.4, -0.2) is 24.3 Å². The zero-order chi connectivity index (χ0) is 18.2. The Bertz CT molecular complexity index is 715. The van der Waals surface area contributed by atoms with Crippen molar-refractivity contribution in [2.45, 2.75) is 17.7 Å². The Morgan fingerprint density at radius 2 is 1.50 bits per heavy atom. The summed E-state index contributed by atoms with van der Waals surface area (Å²) in [5.41, 5.74) is -4.97. The Morgan fingerprint density at radius 1 is 0.917 bits per heavy atom. The topological polar surface area (TPSA) is 29.5 Å². The van der Waals surface area contributed by atoms with E-state index in [-0.39, 0.29) is 10.8 Å². The fraction of sp³-hybridized carbons (Fsp3) is 0.250. The number of hydrogen-bond acceptors (Lipinski definition) is 2. The maximum atomic E-state index is 14.2. The van der Waals surface area contributed by atoms with Gasteiger partial charge in [0.15, 0.2) is 5.60 Å². The molecule has 0 saturated carbocycles. The van der Waals surface area contributed by atoms with Crippen LogP contribution in [0.2, 0.25) is 5.02 Å². The van der Waals surface area contributed by atoms with Gasteiger partial charge >= 0.3 is 12.1 Å². The molecule has 1 atom stereocenters. The molecule has 0 radical (unpaired) electrons. The number of methoxy groups -OCH3 is 1. The Hall–Kier alpha value is -1.86. The predicted octanol–water partition coefficient (Wildman–Crippen LogP) is 4.78. The van der Waals surface area contributed by atoms with E-state index in [4.69, 9.17) is 16.3 Å². The van der Waals surface area contributed by atoms with Crippen molar-refractivity contribution in [3.05, 3.63) is 64.7 Å². The molecule has 0 aliphatic heterocycles. The maximum Gasteiger partial charge on any atom is 0.457 e. The van der Waals surface area contributed by atoms with Crippen LogP contribution < -0.4 is 4.74 Å². The highest BCUT2D eigenvalue weighted by Crippen LogP contribution is 2.52. The zero-order valence-electron chi connectivity index (χ0n) is 12.2. The van der Waals surface area contributed by atoms with Crippen LogP contribution in [0.4, 0.5) is 22.0 Å². The molecule has 2 aromatic carbocycles. The minimum Gasteiger partial charge on any atom is -0.497 e. The van der Waals surface area contributed by atoms with Gasteiger partial charge < -0.3 is 9.84 Å². The summed E-state index contributed by atoms with van der Waals surface area (Å²) in [5, 5.41) is 10.5. The summed E-state index contributed by atoms with van der Waals surface area (Å²) < 4.78 is 72.2. The third kappa shape index (κ3) is 2.93. The molecule has 0 aliphatic carbocycles. The molecule has 1 unspecified atom stereocenters. The van der Waals surface area contributed by atoms with Gasteiger partial charge in [0, 0.05) is 5.02 Å². The number of ether oxygens (including phenoxy) is 1. The van der Waals surface area contributed by atoms with Crippen LogP contribution in [0.25, 0.3) is 0 Å². The Morgan fingerprint density at radius 3 is 1.96 bits per heavy atom. The van der Waals surface area contributed by atoms with E-state index in [0.29, 0.717) is 0 Å². The van der Waals surface area contributed by atoms with Crippen LogP contribution in [0, 0.1) is 0 Å². The van der Waals surface area contributed by atoms with Gasteiger partial charge in [0.2, 0.25) is 0 Å². The lowest BCUT2D eigenvalue weighted by atomic mass is 9.80. The zero-order valence-corrected chi connectivity index (χ0v) is 13.0. The number of hydrogen-bond donors (Lipinski definition) is 1. The van der Waals surface area contributed by atoms with Gasteiger partial charge in [-0.2, -0.15) is 22.0 Å². The van der Waals surface area contributed by atoms with E-state index in [1.807, 2.05) is 0 Å².